The molecule has 220 valence electrons. The highest BCUT2D eigenvalue weighted by Gasteiger charge is 2.62. The molecule has 0 aliphatic heterocycles. The molecular formula is C29H32F3N3O5S. The van der Waals surface area contributed by atoms with Crippen LogP contribution in [0, 0.1) is 29.1 Å². The summed E-state index contributed by atoms with van der Waals surface area (Å²) < 4.78 is 46.2. The number of aromatic carboxylic acids is 1. The number of carbonyl (C=O) groups excluding carboxylic acids is 1. The van der Waals surface area contributed by atoms with Crippen molar-refractivity contribution in [1.29, 1.82) is 0 Å². The molecule has 0 radical (unpaired) electrons. The van der Waals surface area contributed by atoms with Gasteiger partial charge in [-0.05, 0) is 76.2 Å². The second-order valence-corrected chi connectivity index (χ2v) is 12.5. The van der Waals surface area contributed by atoms with Gasteiger partial charge in [-0.3, -0.25) is 4.79 Å². The number of halogens is 3. The molecule has 0 unspecified atom stereocenters. The number of nitrogens with zero attached hydrogens (tertiary/aromatic N) is 3. The predicted octanol–water partition coefficient (Wildman–Crippen LogP) is 6.19. The number of alkyl halides is 3. The van der Waals surface area contributed by atoms with Gasteiger partial charge >= 0.3 is 12.1 Å². The molecule has 3 aliphatic rings. The molecule has 2 aromatic heterocycles. The molecule has 2 heterocycles. The maximum atomic E-state index is 14.0. The number of thiophene rings is 1. The van der Waals surface area contributed by atoms with Crippen LogP contribution in [-0.2, 0) is 4.79 Å². The van der Waals surface area contributed by atoms with E-state index in [0.29, 0.717) is 44.4 Å². The first-order valence-electron chi connectivity index (χ1n) is 14.0. The molecule has 2 aromatic rings. The Labute approximate surface area is 239 Å². The Balaban J connectivity index is 1.41. The van der Waals surface area contributed by atoms with Gasteiger partial charge in [0.1, 0.15) is 16.4 Å². The maximum absolute atomic E-state index is 14.0. The molecule has 0 aromatic carbocycles. The summed E-state index contributed by atoms with van der Waals surface area (Å²) in [5.41, 5.74) is -1.82. The normalized spacial score (nSPS) is 25.5. The first kappa shape index (κ1) is 29.2. The second kappa shape index (κ2) is 11.5. The lowest BCUT2D eigenvalue weighted by molar-refractivity contribution is -0.168. The number of ether oxygens (including phenoxy) is 1. The van der Waals surface area contributed by atoms with E-state index in [2.05, 4.69) is 29.0 Å². The van der Waals surface area contributed by atoms with Crippen LogP contribution < -0.4 is 9.64 Å². The van der Waals surface area contributed by atoms with Gasteiger partial charge in [-0.25, -0.2) is 4.79 Å². The van der Waals surface area contributed by atoms with Gasteiger partial charge in [-0.15, -0.1) is 21.5 Å². The quantitative estimate of drug-likeness (QED) is 0.386. The number of anilines is 1. The largest absolute Gasteiger partial charge is 0.492 e. The van der Waals surface area contributed by atoms with Gasteiger partial charge in [-0.1, -0.05) is 18.8 Å². The average molecular weight is 592 g/mol. The minimum atomic E-state index is -4.44. The van der Waals surface area contributed by atoms with E-state index in [1.807, 2.05) is 0 Å². The van der Waals surface area contributed by atoms with Gasteiger partial charge < -0.3 is 19.8 Å². The van der Waals surface area contributed by atoms with E-state index in [1.165, 1.54) is 18.2 Å². The summed E-state index contributed by atoms with van der Waals surface area (Å²) in [7, 11) is 0. The zero-order valence-corrected chi connectivity index (χ0v) is 23.4. The van der Waals surface area contributed by atoms with Crippen molar-refractivity contribution < 1.29 is 37.7 Å². The molecule has 8 nitrogen and oxygen atoms in total. The lowest BCUT2D eigenvalue weighted by Crippen LogP contribution is -2.47. The van der Waals surface area contributed by atoms with E-state index in [4.69, 9.17) is 4.74 Å². The van der Waals surface area contributed by atoms with Crippen molar-refractivity contribution in [2.75, 3.05) is 4.90 Å². The highest BCUT2D eigenvalue weighted by atomic mass is 32.1. The number of hydrogen-bond acceptors (Lipinski definition) is 7. The third kappa shape index (κ3) is 6.45. The van der Waals surface area contributed by atoms with Crippen LogP contribution >= 0.6 is 11.3 Å². The number of amides is 1. The molecule has 5 rings (SSSR count). The summed E-state index contributed by atoms with van der Waals surface area (Å²) in [6, 6.07) is 4.08. The average Bonchev–Trinajstić information content (AvgIpc) is 3.63. The molecule has 0 spiro atoms. The molecule has 3 saturated carbocycles. The molecule has 3 aliphatic carbocycles. The third-order valence-electron chi connectivity index (χ3n) is 8.41. The molecule has 0 atom stereocenters. The molecule has 41 heavy (non-hydrogen) atoms. The summed E-state index contributed by atoms with van der Waals surface area (Å²) >= 11 is 0.812. The number of carboxylic acid groups (broad SMARTS) is 1. The molecule has 2 N–H and O–H groups in total. The van der Waals surface area contributed by atoms with Crippen molar-refractivity contribution >= 4 is 28.9 Å². The lowest BCUT2D eigenvalue weighted by atomic mass is 9.81. The number of aromatic nitrogens is 2. The molecule has 1 amide bonds. The van der Waals surface area contributed by atoms with Crippen molar-refractivity contribution in [3.05, 3.63) is 28.0 Å². The number of carbonyl (C=O) groups is 2. The van der Waals surface area contributed by atoms with E-state index < -0.39 is 17.6 Å². The molecule has 0 saturated heterocycles. The topological polar surface area (TPSA) is 113 Å². The van der Waals surface area contributed by atoms with Crippen LogP contribution in [0.2, 0.25) is 0 Å². The van der Waals surface area contributed by atoms with Crippen LogP contribution in [0.3, 0.4) is 0 Å². The van der Waals surface area contributed by atoms with Gasteiger partial charge in [0.15, 0.2) is 0 Å². The summed E-state index contributed by atoms with van der Waals surface area (Å²) in [4.78, 5) is 28.0. The van der Waals surface area contributed by atoms with Crippen molar-refractivity contribution in [1.82, 2.24) is 10.2 Å². The smallest absolute Gasteiger partial charge is 0.405 e. The van der Waals surface area contributed by atoms with Gasteiger partial charge in [0.25, 0.3) is 0 Å². The lowest BCUT2D eigenvalue weighted by Gasteiger charge is -2.39. The van der Waals surface area contributed by atoms with Crippen LogP contribution in [0.1, 0.15) is 85.7 Å². The molecule has 12 heteroatoms. The van der Waals surface area contributed by atoms with Crippen LogP contribution in [0.15, 0.2) is 18.2 Å². The zero-order chi connectivity index (χ0) is 29.4. The Kier molecular flexibility index (Phi) is 8.19. The minimum Gasteiger partial charge on any atom is -0.492 e. The summed E-state index contributed by atoms with van der Waals surface area (Å²) in [6.07, 6.45) is 0.685. The van der Waals surface area contributed by atoms with Gasteiger partial charge in [0.2, 0.25) is 17.7 Å². The van der Waals surface area contributed by atoms with E-state index >= 15 is 0 Å². The van der Waals surface area contributed by atoms with Crippen molar-refractivity contribution in [2.45, 2.75) is 89.5 Å². The maximum Gasteiger partial charge on any atom is 0.405 e. The second-order valence-electron chi connectivity index (χ2n) is 11.4. The van der Waals surface area contributed by atoms with Crippen LogP contribution in [0.4, 0.5) is 18.9 Å². The molecule has 3 fully saturated rings. The number of carboxylic acids is 1. The van der Waals surface area contributed by atoms with E-state index in [0.717, 1.165) is 24.2 Å². The fraction of sp³-hybridized carbons (Fsp3) is 0.586. The number of rotatable bonds is 6. The summed E-state index contributed by atoms with van der Waals surface area (Å²) in [5.74, 6) is 3.88. The van der Waals surface area contributed by atoms with Crippen LogP contribution in [0.25, 0.3) is 0 Å². The molecule has 0 bridgehead atoms. The Bertz CT molecular complexity index is 1330. The van der Waals surface area contributed by atoms with Crippen molar-refractivity contribution in [3.63, 3.8) is 0 Å². The molecular weight excluding hydrogens is 559 g/mol. The Hall–Kier alpha value is -3.33. The Morgan fingerprint density at radius 2 is 1.76 bits per heavy atom. The van der Waals surface area contributed by atoms with Gasteiger partial charge in [-0.2, -0.15) is 13.2 Å². The van der Waals surface area contributed by atoms with Gasteiger partial charge in [0.05, 0.1) is 10.6 Å². The Morgan fingerprint density at radius 3 is 2.32 bits per heavy atom. The van der Waals surface area contributed by atoms with E-state index in [9.17, 15) is 33.0 Å². The highest BCUT2D eigenvalue weighted by Crippen LogP contribution is 2.57. The monoisotopic (exact) mass is 591 g/mol. The standard InChI is InChI=1S/C29H32F3N3O5S/c1-17-2-4-18(5-3-17)26(37)35(19-6-8-20(9-7-19)40-24-11-10-23(36)33-34-24)22-16-21(41-25(22)27(38)39)12-13-28(14-15-28)29(30,31)32/h10-11,16-20H,2-9,14-15H2,1H3,(H,33,36)(H,38,39). The fourth-order valence-corrected chi connectivity index (χ4v) is 6.57. The van der Waals surface area contributed by atoms with Crippen LogP contribution in [0.5, 0.6) is 11.8 Å². The van der Waals surface area contributed by atoms with E-state index in [-0.39, 0.29) is 64.0 Å². The van der Waals surface area contributed by atoms with Crippen LogP contribution in [-0.4, -0.2) is 50.6 Å². The SMILES string of the molecule is CC1CCC(C(=O)N(c2cc(C#CC3(C(F)(F)F)CC3)sc2C(=O)O)C2CCC(Oc3ccc(O)nn3)CC2)CC1. The minimum absolute atomic E-state index is 0.0702. The number of hydrogen-bond donors (Lipinski definition) is 2. The predicted molar refractivity (Wildman–Crippen MR) is 145 cm³/mol. The van der Waals surface area contributed by atoms with Crippen molar-refractivity contribution in [2.24, 2.45) is 17.3 Å². The third-order valence-corrected chi connectivity index (χ3v) is 9.44. The first-order chi connectivity index (χ1) is 19.5. The van der Waals surface area contributed by atoms with E-state index in [1.54, 1.807) is 4.90 Å². The summed E-state index contributed by atoms with van der Waals surface area (Å²) in [5, 5.41) is 26.8. The zero-order valence-electron chi connectivity index (χ0n) is 22.6. The Morgan fingerprint density at radius 1 is 1.07 bits per heavy atom. The fourth-order valence-electron chi connectivity index (χ4n) is 5.73. The van der Waals surface area contributed by atoms with Crippen molar-refractivity contribution in [3.8, 4) is 23.6 Å². The van der Waals surface area contributed by atoms with Gasteiger partial charge in [0, 0.05) is 24.1 Å². The summed E-state index contributed by atoms with van der Waals surface area (Å²) in [6.45, 7) is 2.15. The first-order valence-corrected chi connectivity index (χ1v) is 14.8. The highest BCUT2D eigenvalue weighted by molar-refractivity contribution is 7.15. The number of aromatic hydroxyl groups is 1.